The molecule has 6 heteroatoms. The average molecular weight is 383 g/mol. The molecule has 27 heavy (non-hydrogen) atoms. The van der Waals surface area contributed by atoms with Crippen LogP contribution < -0.4 is 15.7 Å². The maximum atomic E-state index is 12.6. The van der Waals surface area contributed by atoms with Crippen LogP contribution in [0.4, 0.5) is 5.69 Å². The minimum Gasteiger partial charge on any atom is -0.406 e. The second-order valence-electron chi connectivity index (χ2n) is 5.92. The summed E-state index contributed by atoms with van der Waals surface area (Å²) in [5.41, 5.74) is 2.00. The van der Waals surface area contributed by atoms with Crippen molar-refractivity contribution >= 4 is 23.2 Å². The topological polar surface area (TPSA) is 60.3 Å². The van der Waals surface area contributed by atoms with Crippen LogP contribution in [0, 0.1) is 0 Å². The molecule has 0 saturated carbocycles. The largest absolute Gasteiger partial charge is 0.406 e. The lowest BCUT2D eigenvalue weighted by molar-refractivity contribution is 0.0863. The fourth-order valence-electron chi connectivity index (χ4n) is 2.66. The molecule has 0 radical (unpaired) electrons. The third-order valence-corrected chi connectivity index (χ3v) is 4.30. The number of halogens is 1. The first kappa shape index (κ1) is 18.7. The fourth-order valence-corrected chi connectivity index (χ4v) is 2.87. The lowest BCUT2D eigenvalue weighted by Gasteiger charge is -2.12. The number of rotatable bonds is 6. The molecule has 1 N–H and O–H groups in total. The summed E-state index contributed by atoms with van der Waals surface area (Å²) in [6.07, 6.45) is 2.25. The highest BCUT2D eigenvalue weighted by atomic mass is 35.5. The Morgan fingerprint density at radius 2 is 1.93 bits per heavy atom. The van der Waals surface area contributed by atoms with Gasteiger partial charge in [0, 0.05) is 16.9 Å². The van der Waals surface area contributed by atoms with Crippen molar-refractivity contribution in [1.82, 2.24) is 4.73 Å². The van der Waals surface area contributed by atoms with Gasteiger partial charge in [-0.25, -0.2) is 0 Å². The highest BCUT2D eigenvalue weighted by Crippen LogP contribution is 2.16. The number of benzene rings is 2. The number of hydrogen-bond acceptors (Lipinski definition) is 3. The number of aromatic nitrogens is 1. The van der Waals surface area contributed by atoms with E-state index in [1.165, 1.54) is 12.3 Å². The molecule has 1 amide bonds. The van der Waals surface area contributed by atoms with E-state index < -0.39 is 11.5 Å². The molecule has 1 aromatic heterocycles. The summed E-state index contributed by atoms with van der Waals surface area (Å²) >= 11 is 5.95. The van der Waals surface area contributed by atoms with Gasteiger partial charge in [-0.2, -0.15) is 4.73 Å². The van der Waals surface area contributed by atoms with Gasteiger partial charge in [-0.3, -0.25) is 9.59 Å². The van der Waals surface area contributed by atoms with E-state index in [9.17, 15) is 9.59 Å². The molecular formula is C21H19ClN2O3. The number of nitrogens with zero attached hydrogens (tertiary/aromatic N) is 1. The molecule has 0 aliphatic heterocycles. The van der Waals surface area contributed by atoms with Crippen LogP contribution in [-0.2, 0) is 13.0 Å². The highest BCUT2D eigenvalue weighted by Gasteiger charge is 2.14. The molecule has 3 aromatic rings. The van der Waals surface area contributed by atoms with E-state index in [-0.39, 0.29) is 12.2 Å². The number of hydrogen-bond donors (Lipinski definition) is 1. The predicted molar refractivity (Wildman–Crippen MR) is 106 cm³/mol. The Morgan fingerprint density at radius 1 is 1.11 bits per heavy atom. The van der Waals surface area contributed by atoms with Crippen LogP contribution in [-0.4, -0.2) is 10.6 Å². The Balaban J connectivity index is 1.78. The maximum Gasteiger partial charge on any atom is 0.295 e. The summed E-state index contributed by atoms with van der Waals surface area (Å²) in [4.78, 5) is 30.7. The molecule has 0 saturated heterocycles. The molecule has 138 valence electrons. The van der Waals surface area contributed by atoms with Crippen LogP contribution in [0.3, 0.4) is 0 Å². The molecule has 5 nitrogen and oxygen atoms in total. The lowest BCUT2D eigenvalue weighted by atomic mass is 10.1. The van der Waals surface area contributed by atoms with Crippen molar-refractivity contribution in [3.05, 3.63) is 98.9 Å². The van der Waals surface area contributed by atoms with Crippen LogP contribution in [0.1, 0.15) is 28.4 Å². The van der Waals surface area contributed by atoms with Crippen LogP contribution in [0.15, 0.2) is 71.7 Å². The average Bonchev–Trinajstić information content (AvgIpc) is 2.67. The van der Waals surface area contributed by atoms with Crippen molar-refractivity contribution in [1.29, 1.82) is 0 Å². The summed E-state index contributed by atoms with van der Waals surface area (Å²) in [6.45, 7) is 2.16. The molecule has 0 aliphatic carbocycles. The Kier molecular flexibility index (Phi) is 5.94. The summed E-state index contributed by atoms with van der Waals surface area (Å²) < 4.78 is 1.06. The maximum absolute atomic E-state index is 12.6. The molecule has 3 rings (SSSR count). The molecule has 0 fully saturated rings. The van der Waals surface area contributed by atoms with E-state index in [2.05, 4.69) is 5.32 Å². The monoisotopic (exact) mass is 382 g/mol. The van der Waals surface area contributed by atoms with Crippen molar-refractivity contribution in [2.75, 3.05) is 5.32 Å². The number of carbonyl (C=O) groups is 1. The van der Waals surface area contributed by atoms with E-state index in [4.69, 9.17) is 16.4 Å². The number of anilines is 1. The van der Waals surface area contributed by atoms with Crippen LogP contribution in [0.2, 0.25) is 5.02 Å². The number of amides is 1. The third-order valence-electron chi connectivity index (χ3n) is 4.07. The van der Waals surface area contributed by atoms with Gasteiger partial charge in [0.2, 0.25) is 0 Å². The molecule has 0 spiro atoms. The standard InChI is InChI=1S/C21H19ClN2O3/c1-2-16-8-3-4-11-19(16)23-20(25)18-10-6-12-24(21(18)26)27-14-15-7-5-9-17(22)13-15/h3-13H,2,14H2,1H3,(H,23,25). The van der Waals surface area contributed by atoms with Gasteiger partial charge >= 0.3 is 0 Å². The number of carbonyl (C=O) groups excluding carboxylic acids is 1. The quantitative estimate of drug-likeness (QED) is 0.702. The van der Waals surface area contributed by atoms with Crippen molar-refractivity contribution in [3.8, 4) is 0 Å². The minimum absolute atomic E-state index is 0.00880. The summed E-state index contributed by atoms with van der Waals surface area (Å²) in [5, 5.41) is 3.39. The second-order valence-corrected chi connectivity index (χ2v) is 6.36. The Hall–Kier alpha value is -3.05. The van der Waals surface area contributed by atoms with E-state index >= 15 is 0 Å². The SMILES string of the molecule is CCc1ccccc1NC(=O)c1cccn(OCc2cccc(Cl)c2)c1=O. The Morgan fingerprint density at radius 3 is 2.70 bits per heavy atom. The molecule has 0 unspecified atom stereocenters. The Labute approximate surface area is 162 Å². The van der Waals surface area contributed by atoms with Gasteiger partial charge in [-0.1, -0.05) is 48.9 Å². The zero-order chi connectivity index (χ0) is 19.2. The number of nitrogens with one attached hydrogen (secondary N) is 1. The van der Waals surface area contributed by atoms with Gasteiger partial charge in [-0.15, -0.1) is 0 Å². The van der Waals surface area contributed by atoms with E-state index in [1.807, 2.05) is 37.3 Å². The van der Waals surface area contributed by atoms with E-state index in [0.717, 1.165) is 22.3 Å². The predicted octanol–water partition coefficient (Wildman–Crippen LogP) is 3.95. The highest BCUT2D eigenvalue weighted by molar-refractivity contribution is 6.30. The summed E-state index contributed by atoms with van der Waals surface area (Å²) in [7, 11) is 0. The van der Waals surface area contributed by atoms with Gasteiger partial charge in [0.25, 0.3) is 11.5 Å². The van der Waals surface area contributed by atoms with Crippen molar-refractivity contribution < 1.29 is 9.63 Å². The molecular weight excluding hydrogens is 364 g/mol. The van der Waals surface area contributed by atoms with Crippen LogP contribution in [0.25, 0.3) is 0 Å². The first-order valence-corrected chi connectivity index (χ1v) is 8.95. The normalized spacial score (nSPS) is 10.4. The summed E-state index contributed by atoms with van der Waals surface area (Å²) in [5.74, 6) is -0.471. The Bertz CT molecular complexity index is 1010. The zero-order valence-corrected chi connectivity index (χ0v) is 15.6. The van der Waals surface area contributed by atoms with Gasteiger partial charge in [0.05, 0.1) is 0 Å². The molecule has 0 atom stereocenters. The first-order chi connectivity index (χ1) is 13.1. The summed E-state index contributed by atoms with van der Waals surface area (Å²) in [6, 6.07) is 17.7. The number of aryl methyl sites for hydroxylation is 1. The van der Waals surface area contributed by atoms with Crippen molar-refractivity contribution in [2.45, 2.75) is 20.0 Å². The van der Waals surface area contributed by atoms with Crippen molar-refractivity contribution in [2.24, 2.45) is 0 Å². The lowest BCUT2D eigenvalue weighted by Crippen LogP contribution is -2.32. The second kappa shape index (κ2) is 8.56. The smallest absolute Gasteiger partial charge is 0.295 e. The number of pyridine rings is 1. The van der Waals surface area contributed by atoms with E-state index in [1.54, 1.807) is 24.3 Å². The number of para-hydroxylation sites is 1. The van der Waals surface area contributed by atoms with Gasteiger partial charge in [0.1, 0.15) is 12.2 Å². The fraction of sp³-hybridized carbons (Fsp3) is 0.143. The first-order valence-electron chi connectivity index (χ1n) is 8.57. The van der Waals surface area contributed by atoms with Crippen LogP contribution in [0.5, 0.6) is 0 Å². The molecule has 2 aromatic carbocycles. The third kappa shape index (κ3) is 4.57. The van der Waals surface area contributed by atoms with Crippen LogP contribution >= 0.6 is 11.6 Å². The molecule has 0 aliphatic rings. The molecule has 1 heterocycles. The van der Waals surface area contributed by atoms with Gasteiger partial charge < -0.3 is 10.2 Å². The van der Waals surface area contributed by atoms with Gasteiger partial charge in [-0.05, 0) is 47.9 Å². The van der Waals surface area contributed by atoms with Crippen molar-refractivity contribution in [3.63, 3.8) is 0 Å². The van der Waals surface area contributed by atoms with E-state index in [0.29, 0.717) is 10.7 Å². The molecule has 0 bridgehead atoms. The zero-order valence-electron chi connectivity index (χ0n) is 14.8. The van der Waals surface area contributed by atoms with Gasteiger partial charge in [0.15, 0.2) is 0 Å². The minimum atomic E-state index is -0.522.